The van der Waals surface area contributed by atoms with E-state index in [1.807, 2.05) is 31.2 Å². The zero-order chi connectivity index (χ0) is 18.7. The van der Waals surface area contributed by atoms with Crippen LogP contribution in [-0.4, -0.2) is 52.7 Å². The van der Waals surface area contributed by atoms with Crippen molar-refractivity contribution in [2.75, 3.05) is 23.7 Å². The Morgan fingerprint density at radius 3 is 2.69 bits per heavy atom. The van der Waals surface area contributed by atoms with Crippen molar-refractivity contribution in [3.8, 4) is 0 Å². The first-order valence-electron chi connectivity index (χ1n) is 8.63. The highest BCUT2D eigenvalue weighted by molar-refractivity contribution is 8.14. The Kier molecular flexibility index (Phi) is 5.61. The average molecular weight is 374 g/mol. The molecule has 0 aromatic heterocycles. The molecular weight excluding hydrogens is 352 g/mol. The van der Waals surface area contributed by atoms with E-state index in [0.717, 1.165) is 24.1 Å². The van der Waals surface area contributed by atoms with E-state index in [1.54, 1.807) is 9.80 Å². The zero-order valence-corrected chi connectivity index (χ0v) is 15.5. The Hall–Kier alpha value is -2.35. The number of benzene rings is 1. The third kappa shape index (κ3) is 3.90. The molecule has 1 aromatic carbocycles. The van der Waals surface area contributed by atoms with Gasteiger partial charge in [-0.25, -0.2) is 0 Å². The fraction of sp³-hybridized carbons (Fsp3) is 0.444. The molecule has 2 N–H and O–H groups in total. The number of carbonyl (C=O) groups excluding carboxylic acids is 3. The van der Waals surface area contributed by atoms with Gasteiger partial charge in [0.2, 0.25) is 11.8 Å². The van der Waals surface area contributed by atoms with E-state index in [0.29, 0.717) is 18.1 Å². The third-order valence-corrected chi connectivity index (χ3v) is 5.52. The van der Waals surface area contributed by atoms with Gasteiger partial charge in [-0.05, 0) is 38.3 Å². The largest absolute Gasteiger partial charge is 0.368 e. The number of piperidine rings is 1. The molecule has 0 radical (unpaired) electrons. The van der Waals surface area contributed by atoms with Crippen LogP contribution in [0.4, 0.5) is 5.69 Å². The van der Waals surface area contributed by atoms with Gasteiger partial charge in [-0.15, -0.1) is 0 Å². The molecule has 2 aliphatic heterocycles. The molecule has 2 aliphatic rings. The molecule has 0 unspecified atom stereocenters. The molecule has 7 nitrogen and oxygen atoms in total. The lowest BCUT2D eigenvalue weighted by atomic mass is 10.0. The summed E-state index contributed by atoms with van der Waals surface area (Å²) in [7, 11) is 0. The van der Waals surface area contributed by atoms with Crippen molar-refractivity contribution in [2.24, 2.45) is 10.7 Å². The number of thioether (sulfide) groups is 1. The van der Waals surface area contributed by atoms with Gasteiger partial charge < -0.3 is 10.6 Å². The van der Waals surface area contributed by atoms with Crippen LogP contribution in [0.2, 0.25) is 0 Å². The number of amidine groups is 1. The molecule has 26 heavy (non-hydrogen) atoms. The molecule has 0 saturated carbocycles. The number of nitrogens with two attached hydrogens (primary N) is 1. The molecule has 138 valence electrons. The number of carbonyl (C=O) groups is 3. The molecule has 1 saturated heterocycles. The lowest BCUT2D eigenvalue weighted by Gasteiger charge is -2.33. The van der Waals surface area contributed by atoms with Crippen LogP contribution in [0.25, 0.3) is 0 Å². The predicted molar refractivity (Wildman–Crippen MR) is 102 cm³/mol. The van der Waals surface area contributed by atoms with E-state index in [9.17, 15) is 14.4 Å². The molecule has 0 bridgehead atoms. The summed E-state index contributed by atoms with van der Waals surface area (Å²) in [5.74, 6) is -0.600. The number of likely N-dealkylation sites (tertiary alicyclic amines) is 1. The second-order valence-corrected chi connectivity index (χ2v) is 7.40. The average Bonchev–Trinajstić information content (AvgIpc) is 3.01. The van der Waals surface area contributed by atoms with Gasteiger partial charge >= 0.3 is 0 Å². The van der Waals surface area contributed by atoms with Gasteiger partial charge in [0.05, 0.1) is 11.4 Å². The summed E-state index contributed by atoms with van der Waals surface area (Å²) >= 11 is 1.22. The van der Waals surface area contributed by atoms with E-state index in [1.165, 1.54) is 11.8 Å². The summed E-state index contributed by atoms with van der Waals surface area (Å²) < 4.78 is 0. The second kappa shape index (κ2) is 7.90. The van der Waals surface area contributed by atoms with Gasteiger partial charge in [-0.1, -0.05) is 29.5 Å². The van der Waals surface area contributed by atoms with Crippen LogP contribution >= 0.6 is 11.8 Å². The minimum absolute atomic E-state index is 0.0814. The lowest BCUT2D eigenvalue weighted by Crippen LogP contribution is -2.51. The highest BCUT2D eigenvalue weighted by Gasteiger charge is 2.32. The van der Waals surface area contributed by atoms with E-state index in [4.69, 9.17) is 5.73 Å². The number of rotatable bonds is 4. The van der Waals surface area contributed by atoms with Gasteiger partial charge in [0.1, 0.15) is 12.6 Å². The van der Waals surface area contributed by atoms with Crippen LogP contribution in [0.5, 0.6) is 0 Å². The van der Waals surface area contributed by atoms with Crippen LogP contribution in [0.3, 0.4) is 0 Å². The smallest absolute Gasteiger partial charge is 0.254 e. The fourth-order valence-corrected chi connectivity index (χ4v) is 4.09. The molecule has 3 amide bonds. The molecule has 1 atom stereocenters. The predicted octanol–water partition coefficient (Wildman–Crippen LogP) is 1.30. The minimum atomic E-state index is -0.530. The first kappa shape index (κ1) is 18.4. The van der Waals surface area contributed by atoms with Crippen molar-refractivity contribution < 1.29 is 14.4 Å². The van der Waals surface area contributed by atoms with E-state index >= 15 is 0 Å². The number of aryl methyl sites for hydroxylation is 1. The van der Waals surface area contributed by atoms with Gasteiger partial charge in [0.15, 0.2) is 5.17 Å². The van der Waals surface area contributed by atoms with E-state index in [2.05, 4.69) is 4.99 Å². The molecular formula is C18H22N4O3S. The summed E-state index contributed by atoms with van der Waals surface area (Å²) in [4.78, 5) is 43.7. The van der Waals surface area contributed by atoms with Crippen LogP contribution in [0.1, 0.15) is 24.8 Å². The second-order valence-electron chi connectivity index (χ2n) is 6.45. The van der Waals surface area contributed by atoms with Crippen molar-refractivity contribution >= 4 is 40.3 Å². The molecule has 0 spiro atoms. The Morgan fingerprint density at radius 2 is 2.00 bits per heavy atom. The van der Waals surface area contributed by atoms with Crippen LogP contribution < -0.4 is 10.6 Å². The number of amides is 3. The monoisotopic (exact) mass is 374 g/mol. The quantitative estimate of drug-likeness (QED) is 0.859. The number of anilines is 1. The first-order valence-corrected chi connectivity index (χ1v) is 9.61. The maximum atomic E-state index is 12.6. The molecule has 1 fully saturated rings. The summed E-state index contributed by atoms with van der Waals surface area (Å²) in [5.41, 5.74) is 7.27. The van der Waals surface area contributed by atoms with Crippen molar-refractivity contribution in [1.82, 2.24) is 4.90 Å². The fourth-order valence-electron chi connectivity index (χ4n) is 3.18. The van der Waals surface area contributed by atoms with Crippen LogP contribution in [0, 0.1) is 6.92 Å². The number of aliphatic imine (C=N–C) groups is 1. The van der Waals surface area contributed by atoms with Crippen molar-refractivity contribution in [1.29, 1.82) is 0 Å². The number of hydrogen-bond donors (Lipinski definition) is 1. The highest BCUT2D eigenvalue weighted by Crippen LogP contribution is 2.25. The van der Waals surface area contributed by atoms with Gasteiger partial charge in [0.25, 0.3) is 5.91 Å². The number of nitrogens with zero attached hydrogens (tertiary/aromatic N) is 3. The van der Waals surface area contributed by atoms with Crippen molar-refractivity contribution in [3.05, 3.63) is 29.8 Å². The molecule has 8 heteroatoms. The SMILES string of the molecule is Cc1ccc(N2C(=O)CN=C2SCC(=O)N2CCCC[C@@H]2C(N)=O)cc1. The summed E-state index contributed by atoms with van der Waals surface area (Å²) in [6.45, 7) is 2.60. The zero-order valence-electron chi connectivity index (χ0n) is 14.7. The van der Waals surface area contributed by atoms with Crippen LogP contribution in [0.15, 0.2) is 29.3 Å². The topological polar surface area (TPSA) is 96.1 Å². The summed E-state index contributed by atoms with van der Waals surface area (Å²) in [5, 5.41) is 0.514. The Morgan fingerprint density at radius 1 is 1.27 bits per heavy atom. The Labute approximate surface area is 156 Å². The molecule has 1 aromatic rings. The van der Waals surface area contributed by atoms with Crippen molar-refractivity contribution in [2.45, 2.75) is 32.2 Å². The lowest BCUT2D eigenvalue weighted by molar-refractivity contribution is -0.138. The minimum Gasteiger partial charge on any atom is -0.368 e. The molecule has 2 heterocycles. The normalized spacial score (nSPS) is 20.3. The Balaban J connectivity index is 1.66. The maximum Gasteiger partial charge on any atom is 0.254 e. The number of hydrogen-bond acceptors (Lipinski definition) is 5. The van der Waals surface area contributed by atoms with Gasteiger partial charge in [-0.3, -0.25) is 24.3 Å². The number of primary amides is 1. The molecule has 3 rings (SSSR count). The summed E-state index contributed by atoms with van der Waals surface area (Å²) in [6, 6.07) is 7.06. The first-order chi connectivity index (χ1) is 12.5. The van der Waals surface area contributed by atoms with Gasteiger partial charge in [-0.2, -0.15) is 0 Å². The Bertz CT molecular complexity index is 747. The standard InChI is InChI=1S/C18H22N4O3S/c1-12-5-7-13(8-6-12)22-15(23)10-20-18(22)26-11-16(24)21-9-3-2-4-14(21)17(19)25/h5-8,14H,2-4,9-11H2,1H3,(H2,19,25)/t14-/m1/s1. The third-order valence-electron chi connectivity index (χ3n) is 4.56. The summed E-state index contributed by atoms with van der Waals surface area (Å²) in [6.07, 6.45) is 2.38. The van der Waals surface area contributed by atoms with Crippen LogP contribution in [-0.2, 0) is 14.4 Å². The highest BCUT2D eigenvalue weighted by atomic mass is 32.2. The van der Waals surface area contributed by atoms with E-state index in [-0.39, 0.29) is 24.1 Å². The van der Waals surface area contributed by atoms with Crippen molar-refractivity contribution in [3.63, 3.8) is 0 Å². The maximum absolute atomic E-state index is 12.6. The molecule has 0 aliphatic carbocycles. The van der Waals surface area contributed by atoms with Gasteiger partial charge in [0, 0.05) is 6.54 Å². The van der Waals surface area contributed by atoms with E-state index < -0.39 is 11.9 Å².